The fraction of sp³-hybridized carbons (Fsp3) is 0.333. The molecule has 5 heteroatoms. The van der Waals surface area contributed by atoms with Crippen molar-refractivity contribution in [1.29, 1.82) is 0 Å². The summed E-state index contributed by atoms with van der Waals surface area (Å²) in [6, 6.07) is 11.6. The van der Waals surface area contributed by atoms with Crippen LogP contribution in [-0.2, 0) is 22.4 Å². The van der Waals surface area contributed by atoms with E-state index >= 15 is 0 Å². The third-order valence-corrected chi connectivity index (χ3v) is 5.73. The summed E-state index contributed by atoms with van der Waals surface area (Å²) in [5, 5.41) is 5.43. The van der Waals surface area contributed by atoms with Gasteiger partial charge in [0.15, 0.2) is 0 Å². The van der Waals surface area contributed by atoms with Crippen molar-refractivity contribution in [3.8, 4) is 0 Å². The molecule has 1 aliphatic rings. The fourth-order valence-corrected chi connectivity index (χ4v) is 3.53. The topological polar surface area (TPSA) is 58.2 Å². The summed E-state index contributed by atoms with van der Waals surface area (Å²) >= 11 is 3.42. The van der Waals surface area contributed by atoms with Crippen LogP contribution < -0.4 is 10.6 Å². The Hall–Kier alpha value is -2.14. The molecule has 2 amide bonds. The van der Waals surface area contributed by atoms with Crippen molar-refractivity contribution in [3.05, 3.63) is 63.1 Å². The normalized spacial score (nSPS) is 14.3. The van der Waals surface area contributed by atoms with E-state index in [-0.39, 0.29) is 6.04 Å². The van der Waals surface area contributed by atoms with E-state index in [1.54, 1.807) is 6.07 Å². The average Bonchev–Trinajstić information content (AvgIpc) is 2.64. The van der Waals surface area contributed by atoms with Crippen LogP contribution in [0.4, 0.5) is 5.69 Å². The van der Waals surface area contributed by atoms with Gasteiger partial charge in [-0.1, -0.05) is 34.1 Å². The van der Waals surface area contributed by atoms with Crippen LogP contribution in [0.5, 0.6) is 0 Å². The van der Waals surface area contributed by atoms with E-state index in [0.29, 0.717) is 5.69 Å². The number of carbonyl (C=O) groups excluding carboxylic acids is 2. The van der Waals surface area contributed by atoms with Gasteiger partial charge in [-0.25, -0.2) is 0 Å². The summed E-state index contributed by atoms with van der Waals surface area (Å²) in [7, 11) is 0. The maximum absolute atomic E-state index is 12.2. The fourth-order valence-electron chi connectivity index (χ4n) is 3.28. The number of nitrogens with one attached hydrogen (secondary N) is 2. The first kappa shape index (κ1) is 18.6. The Labute approximate surface area is 162 Å². The molecule has 0 aliphatic heterocycles. The SMILES string of the molecule is Cc1cc(NC(=O)C(=O)NC(C)c2ccc3c(c2)CCCC3)ccc1Br. The number of benzene rings is 2. The van der Waals surface area contributed by atoms with Crippen LogP contribution in [0, 0.1) is 6.92 Å². The molecule has 3 rings (SSSR count). The van der Waals surface area contributed by atoms with Gasteiger partial charge in [-0.2, -0.15) is 0 Å². The number of aryl methyl sites for hydroxylation is 3. The molecule has 0 spiro atoms. The maximum Gasteiger partial charge on any atom is 0.313 e. The zero-order valence-corrected chi connectivity index (χ0v) is 16.7. The molecule has 1 atom stereocenters. The largest absolute Gasteiger partial charge is 0.341 e. The number of rotatable bonds is 3. The second-order valence-corrected chi connectivity index (χ2v) is 7.70. The molecule has 0 radical (unpaired) electrons. The van der Waals surface area contributed by atoms with Crippen LogP contribution >= 0.6 is 15.9 Å². The number of carbonyl (C=O) groups is 2. The summed E-state index contributed by atoms with van der Waals surface area (Å²) in [4.78, 5) is 24.4. The van der Waals surface area contributed by atoms with Crippen molar-refractivity contribution in [2.45, 2.75) is 45.6 Å². The van der Waals surface area contributed by atoms with Gasteiger partial charge >= 0.3 is 11.8 Å². The van der Waals surface area contributed by atoms with Crippen molar-refractivity contribution >= 4 is 33.4 Å². The van der Waals surface area contributed by atoms with Crippen LogP contribution in [0.3, 0.4) is 0 Å². The van der Waals surface area contributed by atoms with Crippen molar-refractivity contribution in [3.63, 3.8) is 0 Å². The standard InChI is InChI=1S/C21H23BrN2O2/c1-13-11-18(9-10-19(13)22)24-21(26)20(25)23-14(2)16-8-7-15-5-3-4-6-17(15)12-16/h7-12,14H,3-6H2,1-2H3,(H,23,25)(H,24,26). The third kappa shape index (κ3) is 4.33. The highest BCUT2D eigenvalue weighted by molar-refractivity contribution is 9.10. The van der Waals surface area contributed by atoms with Gasteiger partial charge in [0.25, 0.3) is 0 Å². The lowest BCUT2D eigenvalue weighted by molar-refractivity contribution is -0.136. The van der Waals surface area contributed by atoms with E-state index in [0.717, 1.165) is 28.4 Å². The van der Waals surface area contributed by atoms with E-state index < -0.39 is 11.8 Å². The van der Waals surface area contributed by atoms with Crippen molar-refractivity contribution in [2.24, 2.45) is 0 Å². The van der Waals surface area contributed by atoms with Crippen molar-refractivity contribution in [2.75, 3.05) is 5.32 Å². The summed E-state index contributed by atoms with van der Waals surface area (Å²) in [6.07, 6.45) is 4.68. The van der Waals surface area contributed by atoms with E-state index in [4.69, 9.17) is 0 Å². The molecule has 0 bridgehead atoms. The second-order valence-electron chi connectivity index (χ2n) is 6.85. The molecule has 2 N–H and O–H groups in total. The van der Waals surface area contributed by atoms with E-state index in [1.165, 1.54) is 24.0 Å². The lowest BCUT2D eigenvalue weighted by Gasteiger charge is -2.20. The smallest absolute Gasteiger partial charge is 0.313 e. The van der Waals surface area contributed by atoms with Crippen LogP contribution in [0.15, 0.2) is 40.9 Å². The van der Waals surface area contributed by atoms with E-state index in [2.05, 4.69) is 38.7 Å². The first-order valence-electron chi connectivity index (χ1n) is 8.94. The summed E-state index contributed by atoms with van der Waals surface area (Å²) in [6.45, 7) is 3.83. The minimum absolute atomic E-state index is 0.216. The Morgan fingerprint density at radius 2 is 1.73 bits per heavy atom. The summed E-state index contributed by atoms with van der Waals surface area (Å²) < 4.78 is 0.959. The van der Waals surface area contributed by atoms with Crippen molar-refractivity contribution in [1.82, 2.24) is 5.32 Å². The molecule has 0 aromatic heterocycles. The number of amides is 2. The Kier molecular flexibility index (Phi) is 5.77. The molecular weight excluding hydrogens is 392 g/mol. The Bertz CT molecular complexity index is 848. The highest BCUT2D eigenvalue weighted by atomic mass is 79.9. The highest BCUT2D eigenvalue weighted by Gasteiger charge is 2.19. The molecule has 0 fully saturated rings. The summed E-state index contributed by atoms with van der Waals surface area (Å²) in [5.74, 6) is -1.28. The third-order valence-electron chi connectivity index (χ3n) is 4.84. The Balaban J connectivity index is 1.63. The zero-order chi connectivity index (χ0) is 18.7. The van der Waals surface area contributed by atoms with Gasteiger partial charge in [-0.05, 0) is 80.0 Å². The number of fused-ring (bicyclic) bond motifs is 1. The van der Waals surface area contributed by atoms with Crippen LogP contribution in [0.25, 0.3) is 0 Å². The summed E-state index contributed by atoms with van der Waals surface area (Å²) in [5.41, 5.74) is 5.40. The predicted octanol–water partition coefficient (Wildman–Crippen LogP) is 4.45. The van der Waals surface area contributed by atoms with Crippen LogP contribution in [-0.4, -0.2) is 11.8 Å². The van der Waals surface area contributed by atoms with Gasteiger partial charge < -0.3 is 10.6 Å². The van der Waals surface area contributed by atoms with Gasteiger partial charge in [0.1, 0.15) is 0 Å². The minimum Gasteiger partial charge on any atom is -0.341 e. The van der Waals surface area contributed by atoms with Gasteiger partial charge in [-0.3, -0.25) is 9.59 Å². The molecular formula is C21H23BrN2O2. The quantitative estimate of drug-likeness (QED) is 0.728. The number of hydrogen-bond donors (Lipinski definition) is 2. The molecule has 1 unspecified atom stereocenters. The van der Waals surface area contributed by atoms with Gasteiger partial charge in [-0.15, -0.1) is 0 Å². The van der Waals surface area contributed by atoms with Crippen molar-refractivity contribution < 1.29 is 9.59 Å². The number of halogens is 1. The molecule has 136 valence electrons. The number of hydrogen-bond acceptors (Lipinski definition) is 2. The first-order chi connectivity index (χ1) is 12.4. The molecule has 2 aromatic carbocycles. The predicted molar refractivity (Wildman–Crippen MR) is 107 cm³/mol. The maximum atomic E-state index is 12.2. The molecule has 2 aromatic rings. The second kappa shape index (κ2) is 8.04. The lowest BCUT2D eigenvalue weighted by Crippen LogP contribution is -2.37. The monoisotopic (exact) mass is 414 g/mol. The van der Waals surface area contributed by atoms with Crippen LogP contribution in [0.2, 0.25) is 0 Å². The van der Waals surface area contributed by atoms with Crippen LogP contribution in [0.1, 0.15) is 48.1 Å². The van der Waals surface area contributed by atoms with Gasteiger partial charge in [0.2, 0.25) is 0 Å². The van der Waals surface area contributed by atoms with E-state index in [1.807, 2.05) is 32.0 Å². The number of anilines is 1. The molecule has 0 heterocycles. The Morgan fingerprint density at radius 3 is 2.46 bits per heavy atom. The first-order valence-corrected chi connectivity index (χ1v) is 9.73. The minimum atomic E-state index is -0.656. The van der Waals surface area contributed by atoms with Gasteiger partial charge in [0, 0.05) is 10.2 Å². The molecule has 4 nitrogen and oxygen atoms in total. The lowest BCUT2D eigenvalue weighted by atomic mass is 9.89. The molecule has 0 saturated heterocycles. The molecule has 0 saturated carbocycles. The molecule has 1 aliphatic carbocycles. The highest BCUT2D eigenvalue weighted by Crippen LogP contribution is 2.25. The van der Waals surface area contributed by atoms with Gasteiger partial charge in [0.05, 0.1) is 6.04 Å². The Morgan fingerprint density at radius 1 is 1.00 bits per heavy atom. The average molecular weight is 415 g/mol. The molecule has 26 heavy (non-hydrogen) atoms. The van der Waals surface area contributed by atoms with E-state index in [9.17, 15) is 9.59 Å². The zero-order valence-electron chi connectivity index (χ0n) is 15.1.